The molecule has 0 aliphatic heterocycles. The van der Waals surface area contributed by atoms with Gasteiger partial charge in [0.25, 0.3) is 0 Å². The average molecular weight is 323 g/mol. The first-order chi connectivity index (χ1) is 11.6. The molecule has 0 heteroatoms. The van der Waals surface area contributed by atoms with Crippen molar-refractivity contribution in [1.82, 2.24) is 0 Å². The van der Waals surface area contributed by atoms with E-state index in [9.17, 15) is 0 Å². The van der Waals surface area contributed by atoms with Crippen molar-refractivity contribution >= 4 is 12.2 Å². The molecule has 2 atom stereocenters. The molecule has 0 N–H and O–H groups in total. The molecule has 3 rings (SSSR count). The van der Waals surface area contributed by atoms with Crippen molar-refractivity contribution in [1.29, 1.82) is 0 Å². The van der Waals surface area contributed by atoms with E-state index in [1.165, 1.54) is 56.1 Å². The molecule has 1 fully saturated rings. The summed E-state index contributed by atoms with van der Waals surface area (Å²) in [5.41, 5.74) is 5.85. The normalized spacial score (nSPS) is 22.3. The molecule has 1 saturated carbocycles. The molecule has 130 valence electrons. The molecule has 0 nitrogen and oxygen atoms in total. The minimum absolute atomic E-state index is 0.629. The van der Waals surface area contributed by atoms with Crippen LogP contribution in [0.5, 0.6) is 0 Å². The number of rotatable bonds is 6. The van der Waals surface area contributed by atoms with Crippen LogP contribution in [0.3, 0.4) is 0 Å². The molecule has 1 aromatic carbocycles. The van der Waals surface area contributed by atoms with Gasteiger partial charge in [0.15, 0.2) is 0 Å². The van der Waals surface area contributed by atoms with Crippen molar-refractivity contribution in [2.45, 2.75) is 71.6 Å². The quantitative estimate of drug-likeness (QED) is 0.509. The monoisotopic (exact) mass is 322 g/mol. The third kappa shape index (κ3) is 3.85. The van der Waals surface area contributed by atoms with Crippen LogP contribution in [0.1, 0.15) is 88.3 Å². The van der Waals surface area contributed by atoms with Gasteiger partial charge in [0, 0.05) is 5.92 Å². The van der Waals surface area contributed by atoms with E-state index < -0.39 is 0 Å². The highest BCUT2D eigenvalue weighted by molar-refractivity contribution is 5.68. The zero-order valence-electron chi connectivity index (χ0n) is 15.9. The summed E-state index contributed by atoms with van der Waals surface area (Å²) in [4.78, 5) is 0. The van der Waals surface area contributed by atoms with Crippen LogP contribution in [-0.4, -0.2) is 0 Å². The molecule has 0 aromatic heterocycles. The summed E-state index contributed by atoms with van der Waals surface area (Å²) in [7, 11) is 0. The van der Waals surface area contributed by atoms with Crippen molar-refractivity contribution < 1.29 is 0 Å². The summed E-state index contributed by atoms with van der Waals surface area (Å²) in [5, 5.41) is 0. The molecule has 0 bridgehead atoms. The lowest BCUT2D eigenvalue weighted by Gasteiger charge is -2.33. The van der Waals surface area contributed by atoms with Crippen LogP contribution in [0.25, 0.3) is 12.2 Å². The van der Waals surface area contributed by atoms with Gasteiger partial charge in [-0.05, 0) is 54.2 Å². The molecule has 24 heavy (non-hydrogen) atoms. The molecule has 0 spiro atoms. The summed E-state index contributed by atoms with van der Waals surface area (Å²) < 4.78 is 0. The predicted octanol–water partition coefficient (Wildman–Crippen LogP) is 7.46. The first-order valence-corrected chi connectivity index (χ1v) is 10.0. The summed E-state index contributed by atoms with van der Waals surface area (Å²) in [6.07, 6.45) is 14.5. The van der Waals surface area contributed by atoms with Gasteiger partial charge >= 0.3 is 0 Å². The third-order valence-electron chi connectivity index (χ3n) is 6.16. The largest absolute Gasteiger partial charge is 0.0985 e. The summed E-state index contributed by atoms with van der Waals surface area (Å²) in [6, 6.07) is 6.90. The van der Waals surface area contributed by atoms with Gasteiger partial charge in [0.2, 0.25) is 0 Å². The molecular weight excluding hydrogens is 288 g/mol. The molecule has 1 unspecified atom stereocenters. The zero-order valence-corrected chi connectivity index (χ0v) is 15.9. The Morgan fingerprint density at radius 2 is 1.92 bits per heavy atom. The number of fused-ring (bicyclic) bond motifs is 1. The highest BCUT2D eigenvalue weighted by Crippen LogP contribution is 2.47. The van der Waals surface area contributed by atoms with Gasteiger partial charge in [0.1, 0.15) is 0 Å². The van der Waals surface area contributed by atoms with Crippen molar-refractivity contribution in [3.63, 3.8) is 0 Å². The van der Waals surface area contributed by atoms with Gasteiger partial charge in [-0.15, -0.1) is 0 Å². The van der Waals surface area contributed by atoms with Crippen molar-refractivity contribution in [3.05, 3.63) is 47.0 Å². The lowest BCUT2D eigenvalue weighted by atomic mass is 9.72. The summed E-state index contributed by atoms with van der Waals surface area (Å²) in [6.45, 7) is 11.1. The van der Waals surface area contributed by atoms with Gasteiger partial charge in [-0.1, -0.05) is 88.5 Å². The second-order valence-corrected chi connectivity index (χ2v) is 8.59. The Hall–Kier alpha value is -1.30. The van der Waals surface area contributed by atoms with E-state index in [0.29, 0.717) is 5.92 Å². The summed E-state index contributed by atoms with van der Waals surface area (Å²) >= 11 is 0. The fourth-order valence-electron chi connectivity index (χ4n) is 5.15. The maximum atomic E-state index is 3.97. The fourth-order valence-corrected chi connectivity index (χ4v) is 5.15. The highest BCUT2D eigenvalue weighted by atomic mass is 14.4. The first kappa shape index (κ1) is 17.5. The van der Waals surface area contributed by atoms with Crippen LogP contribution in [0.4, 0.5) is 0 Å². The lowest BCUT2D eigenvalue weighted by molar-refractivity contribution is 0.248. The van der Waals surface area contributed by atoms with Crippen molar-refractivity contribution in [3.8, 4) is 0 Å². The predicted molar refractivity (Wildman–Crippen MR) is 107 cm³/mol. The second kappa shape index (κ2) is 7.72. The Morgan fingerprint density at radius 3 is 2.58 bits per heavy atom. The van der Waals surface area contributed by atoms with Gasteiger partial charge in [-0.25, -0.2) is 0 Å². The Kier molecular flexibility index (Phi) is 5.64. The smallest absolute Gasteiger partial charge is 0.00833 e. The van der Waals surface area contributed by atoms with E-state index in [1.54, 1.807) is 11.1 Å². The van der Waals surface area contributed by atoms with Gasteiger partial charge < -0.3 is 0 Å². The van der Waals surface area contributed by atoms with Crippen LogP contribution in [-0.2, 0) is 0 Å². The maximum Gasteiger partial charge on any atom is 0.00833 e. The average Bonchev–Trinajstić information content (AvgIpc) is 2.89. The molecule has 0 radical (unpaired) electrons. The first-order valence-electron chi connectivity index (χ1n) is 10.0. The number of allylic oxidation sites excluding steroid dienone is 1. The Labute approximate surface area is 149 Å². The van der Waals surface area contributed by atoms with E-state index in [0.717, 1.165) is 17.8 Å². The number of hydrogen-bond acceptors (Lipinski definition) is 0. The Bertz CT molecular complexity index is 598. The summed E-state index contributed by atoms with van der Waals surface area (Å²) in [5.74, 6) is 3.16. The lowest BCUT2D eigenvalue weighted by Crippen LogP contribution is -2.20. The van der Waals surface area contributed by atoms with Gasteiger partial charge in [-0.2, -0.15) is 0 Å². The SMILES string of the molecule is C=Cc1ccc2c(c1)C([C@@H](CC(C)C)CC1CCCCC1)C(C)=C2. The van der Waals surface area contributed by atoms with E-state index in [4.69, 9.17) is 0 Å². The van der Waals surface area contributed by atoms with Crippen LogP contribution < -0.4 is 0 Å². The van der Waals surface area contributed by atoms with Crippen LogP contribution in [0.15, 0.2) is 30.4 Å². The van der Waals surface area contributed by atoms with E-state index in [-0.39, 0.29) is 0 Å². The molecule has 0 heterocycles. The molecule has 0 amide bonds. The van der Waals surface area contributed by atoms with E-state index >= 15 is 0 Å². The van der Waals surface area contributed by atoms with Crippen molar-refractivity contribution in [2.24, 2.45) is 17.8 Å². The van der Waals surface area contributed by atoms with Crippen LogP contribution >= 0.6 is 0 Å². The maximum absolute atomic E-state index is 3.97. The van der Waals surface area contributed by atoms with Crippen molar-refractivity contribution in [2.75, 3.05) is 0 Å². The fraction of sp³-hybridized carbons (Fsp3) is 0.583. The number of hydrogen-bond donors (Lipinski definition) is 0. The molecule has 2 aliphatic rings. The van der Waals surface area contributed by atoms with E-state index in [1.807, 2.05) is 6.08 Å². The minimum atomic E-state index is 0.629. The zero-order chi connectivity index (χ0) is 17.1. The van der Waals surface area contributed by atoms with E-state index in [2.05, 4.69) is 51.6 Å². The van der Waals surface area contributed by atoms with Crippen LogP contribution in [0.2, 0.25) is 0 Å². The topological polar surface area (TPSA) is 0 Å². The van der Waals surface area contributed by atoms with Gasteiger partial charge in [0.05, 0.1) is 0 Å². The minimum Gasteiger partial charge on any atom is -0.0985 e. The molecule has 1 aromatic rings. The number of benzene rings is 1. The standard InChI is InChI=1S/C24H34/c1-5-19-11-12-21-14-18(4)24(23(21)16-19)22(13-17(2)3)15-20-9-7-6-8-10-20/h5,11-12,14,16-17,20,22,24H,1,6-10,13,15H2,2-4H3/t22-,24?/m0/s1. The van der Waals surface area contributed by atoms with Crippen LogP contribution in [0, 0.1) is 17.8 Å². The molecule has 0 saturated heterocycles. The second-order valence-electron chi connectivity index (χ2n) is 8.59. The molecule has 2 aliphatic carbocycles. The molecular formula is C24H34. The van der Waals surface area contributed by atoms with Gasteiger partial charge in [-0.3, -0.25) is 0 Å². The third-order valence-corrected chi connectivity index (χ3v) is 6.16. The Morgan fingerprint density at radius 1 is 1.17 bits per heavy atom. The Balaban J connectivity index is 1.86. The highest BCUT2D eigenvalue weighted by Gasteiger charge is 2.32.